The second-order valence-corrected chi connectivity index (χ2v) is 3.30. The lowest BCUT2D eigenvalue weighted by Crippen LogP contribution is -2.53. The summed E-state index contributed by atoms with van der Waals surface area (Å²) in [4.78, 5) is 0. The first kappa shape index (κ1) is 9.96. The maximum Gasteiger partial charge on any atom is 0.0717 e. The summed E-state index contributed by atoms with van der Waals surface area (Å²) in [6, 6.07) is 0. The first-order valence-electron chi connectivity index (χ1n) is 5.03. The van der Waals surface area contributed by atoms with Crippen molar-refractivity contribution in [2.24, 2.45) is 0 Å². The Morgan fingerprint density at radius 1 is 1.50 bits per heavy atom. The van der Waals surface area contributed by atoms with Gasteiger partial charge in [0, 0.05) is 19.6 Å². The van der Waals surface area contributed by atoms with Crippen molar-refractivity contribution in [3.8, 4) is 0 Å². The molecular formula is C9H20N3. The molecule has 0 aromatic carbocycles. The van der Waals surface area contributed by atoms with E-state index in [9.17, 15) is 0 Å². The van der Waals surface area contributed by atoms with Crippen molar-refractivity contribution in [3.05, 3.63) is 0 Å². The predicted molar refractivity (Wildman–Crippen MR) is 51.2 cm³/mol. The van der Waals surface area contributed by atoms with E-state index in [2.05, 4.69) is 22.9 Å². The van der Waals surface area contributed by atoms with Crippen molar-refractivity contribution in [2.45, 2.75) is 32.4 Å². The van der Waals surface area contributed by atoms with Gasteiger partial charge >= 0.3 is 0 Å². The van der Waals surface area contributed by atoms with Gasteiger partial charge in [-0.2, -0.15) is 0 Å². The summed E-state index contributed by atoms with van der Waals surface area (Å²) in [5.74, 6) is 0. The van der Waals surface area contributed by atoms with Gasteiger partial charge in [-0.15, -0.1) is 0 Å². The Morgan fingerprint density at radius 3 is 3.08 bits per heavy atom. The first-order chi connectivity index (χ1) is 5.93. The molecule has 0 aliphatic carbocycles. The molecule has 3 heteroatoms. The quantitative estimate of drug-likeness (QED) is 0.582. The molecule has 1 aliphatic rings. The number of nitrogens with zero attached hydrogens (tertiary/aromatic N) is 1. The third kappa shape index (κ3) is 4.04. The third-order valence-electron chi connectivity index (χ3n) is 2.14. The molecule has 0 spiro atoms. The highest BCUT2D eigenvalue weighted by Gasteiger charge is 2.10. The highest BCUT2D eigenvalue weighted by Crippen LogP contribution is 1.92. The zero-order valence-electron chi connectivity index (χ0n) is 7.97. The van der Waals surface area contributed by atoms with E-state index < -0.39 is 0 Å². The number of nitrogens with one attached hydrogen (secondary N) is 2. The topological polar surface area (TPSA) is 38.2 Å². The Hall–Kier alpha value is -0.120. The van der Waals surface area contributed by atoms with Crippen LogP contribution in [0.4, 0.5) is 0 Å². The molecule has 0 saturated carbocycles. The van der Waals surface area contributed by atoms with E-state index >= 15 is 0 Å². The lowest BCUT2D eigenvalue weighted by atomic mass is 10.2. The summed E-state index contributed by atoms with van der Waals surface area (Å²) in [6.07, 6.45) is 4.35. The van der Waals surface area contributed by atoms with E-state index in [-0.39, 0.29) is 0 Å². The van der Waals surface area contributed by atoms with Gasteiger partial charge in [0.05, 0.1) is 6.17 Å². The zero-order chi connectivity index (χ0) is 8.65. The Morgan fingerprint density at radius 2 is 2.42 bits per heavy atom. The monoisotopic (exact) mass is 170 g/mol. The number of unbranched alkanes of at least 4 members (excludes halogenated alkanes) is 2. The van der Waals surface area contributed by atoms with Crippen molar-refractivity contribution in [2.75, 3.05) is 26.2 Å². The van der Waals surface area contributed by atoms with Gasteiger partial charge in [0.2, 0.25) is 0 Å². The van der Waals surface area contributed by atoms with Crippen LogP contribution in [0.2, 0.25) is 0 Å². The van der Waals surface area contributed by atoms with Crippen LogP contribution in [0.5, 0.6) is 0 Å². The van der Waals surface area contributed by atoms with Gasteiger partial charge in [-0.1, -0.05) is 19.8 Å². The van der Waals surface area contributed by atoms with Gasteiger partial charge in [0.25, 0.3) is 0 Å². The second kappa shape index (κ2) is 6.40. The molecule has 3 nitrogen and oxygen atoms in total. The third-order valence-corrected chi connectivity index (χ3v) is 2.14. The van der Waals surface area contributed by atoms with Crippen LogP contribution in [0.3, 0.4) is 0 Å². The fourth-order valence-electron chi connectivity index (χ4n) is 1.39. The molecule has 1 aliphatic heterocycles. The SMILES string of the molecule is CCCCCNC1C[N]CCN1. The molecule has 1 radical (unpaired) electrons. The van der Waals surface area contributed by atoms with E-state index in [0.717, 1.165) is 26.2 Å². The Bertz CT molecular complexity index is 99.9. The Kier molecular flexibility index (Phi) is 5.32. The number of hydrogen-bond donors (Lipinski definition) is 2. The van der Waals surface area contributed by atoms with E-state index in [4.69, 9.17) is 0 Å². The number of rotatable bonds is 5. The average Bonchev–Trinajstić information content (AvgIpc) is 2.14. The molecule has 0 aromatic rings. The number of piperazine rings is 1. The van der Waals surface area contributed by atoms with Crippen molar-refractivity contribution in [1.29, 1.82) is 0 Å². The molecule has 1 saturated heterocycles. The molecule has 0 amide bonds. The maximum atomic E-state index is 4.33. The van der Waals surface area contributed by atoms with E-state index in [1.807, 2.05) is 0 Å². The van der Waals surface area contributed by atoms with Crippen molar-refractivity contribution < 1.29 is 0 Å². The molecule has 0 bridgehead atoms. The maximum absolute atomic E-state index is 4.33. The van der Waals surface area contributed by atoms with E-state index in [0.29, 0.717) is 6.17 Å². The number of hydrogen-bond acceptors (Lipinski definition) is 2. The standard InChI is InChI=1S/C9H20N3/c1-2-3-4-5-11-9-8-10-6-7-12-9/h9,11-12H,2-8H2,1H3. The van der Waals surface area contributed by atoms with Crippen LogP contribution >= 0.6 is 0 Å². The molecule has 1 fully saturated rings. The Labute approximate surface area is 75.3 Å². The summed E-state index contributed by atoms with van der Waals surface area (Å²) in [7, 11) is 0. The minimum absolute atomic E-state index is 0.440. The average molecular weight is 170 g/mol. The first-order valence-corrected chi connectivity index (χ1v) is 5.03. The van der Waals surface area contributed by atoms with Gasteiger partial charge in [0.1, 0.15) is 0 Å². The summed E-state index contributed by atoms with van der Waals surface area (Å²) in [5.41, 5.74) is 0. The zero-order valence-corrected chi connectivity index (χ0v) is 7.97. The largest absolute Gasteiger partial charge is 0.301 e. The normalized spacial score (nSPS) is 24.2. The van der Waals surface area contributed by atoms with Gasteiger partial charge in [-0.25, -0.2) is 5.32 Å². The van der Waals surface area contributed by atoms with Gasteiger partial charge < -0.3 is 5.32 Å². The predicted octanol–water partition coefficient (Wildman–Crippen LogP) is 0.300. The van der Waals surface area contributed by atoms with Crippen LogP contribution in [0.1, 0.15) is 26.2 Å². The van der Waals surface area contributed by atoms with Crippen LogP contribution in [0, 0.1) is 0 Å². The second-order valence-electron chi connectivity index (χ2n) is 3.30. The van der Waals surface area contributed by atoms with Gasteiger partial charge in [0.15, 0.2) is 0 Å². The lowest BCUT2D eigenvalue weighted by molar-refractivity contribution is 0.353. The molecule has 71 valence electrons. The van der Waals surface area contributed by atoms with Crippen molar-refractivity contribution in [3.63, 3.8) is 0 Å². The smallest absolute Gasteiger partial charge is 0.0717 e. The van der Waals surface area contributed by atoms with Crippen LogP contribution in [-0.2, 0) is 0 Å². The van der Waals surface area contributed by atoms with Crippen molar-refractivity contribution >= 4 is 0 Å². The fourth-order valence-corrected chi connectivity index (χ4v) is 1.39. The minimum atomic E-state index is 0.440. The van der Waals surface area contributed by atoms with Crippen LogP contribution in [0.25, 0.3) is 0 Å². The fraction of sp³-hybridized carbons (Fsp3) is 1.00. The Balaban J connectivity index is 1.91. The van der Waals surface area contributed by atoms with Crippen LogP contribution in [-0.4, -0.2) is 32.3 Å². The molecule has 2 N–H and O–H groups in total. The summed E-state index contributed by atoms with van der Waals surface area (Å²) < 4.78 is 0. The highest BCUT2D eigenvalue weighted by molar-refractivity contribution is 4.72. The molecule has 1 rings (SSSR count). The lowest BCUT2D eigenvalue weighted by Gasteiger charge is -2.24. The molecule has 1 heterocycles. The molecule has 0 aromatic heterocycles. The summed E-state index contributed by atoms with van der Waals surface area (Å²) in [6.45, 7) is 6.31. The summed E-state index contributed by atoms with van der Waals surface area (Å²) >= 11 is 0. The van der Waals surface area contributed by atoms with Crippen molar-refractivity contribution in [1.82, 2.24) is 16.0 Å². The minimum Gasteiger partial charge on any atom is -0.301 e. The molecule has 1 atom stereocenters. The van der Waals surface area contributed by atoms with Crippen LogP contribution < -0.4 is 16.0 Å². The molecular weight excluding hydrogens is 150 g/mol. The van der Waals surface area contributed by atoms with Crippen LogP contribution in [0.15, 0.2) is 0 Å². The molecule has 1 unspecified atom stereocenters. The van der Waals surface area contributed by atoms with E-state index in [1.165, 1.54) is 19.3 Å². The van der Waals surface area contributed by atoms with E-state index in [1.54, 1.807) is 0 Å². The summed E-state index contributed by atoms with van der Waals surface area (Å²) in [5, 5.41) is 11.2. The van der Waals surface area contributed by atoms with Gasteiger partial charge in [-0.05, 0) is 13.0 Å². The highest BCUT2D eigenvalue weighted by atomic mass is 15.2. The van der Waals surface area contributed by atoms with Gasteiger partial charge in [-0.3, -0.25) is 5.32 Å². The molecule has 12 heavy (non-hydrogen) atoms.